The molecule has 0 aliphatic heterocycles. The predicted molar refractivity (Wildman–Crippen MR) is 62.6 cm³/mol. The summed E-state index contributed by atoms with van der Waals surface area (Å²) in [5.41, 5.74) is 3.43. The molecule has 1 aromatic heterocycles. The van der Waals surface area contributed by atoms with E-state index in [2.05, 4.69) is 34.5 Å². The summed E-state index contributed by atoms with van der Waals surface area (Å²) >= 11 is 0. The van der Waals surface area contributed by atoms with Crippen LogP contribution in [0, 0.1) is 0 Å². The molecule has 3 heteroatoms. The first-order valence-electron chi connectivity index (χ1n) is 5.68. The predicted octanol–water partition coefficient (Wildman–Crippen LogP) is 1.98. The van der Waals surface area contributed by atoms with Crippen molar-refractivity contribution in [1.82, 2.24) is 10.2 Å². The van der Waals surface area contributed by atoms with E-state index in [0.29, 0.717) is 5.92 Å². The summed E-state index contributed by atoms with van der Waals surface area (Å²) < 4.78 is 0. The summed E-state index contributed by atoms with van der Waals surface area (Å²) in [5.74, 6) is 0.491. The van der Waals surface area contributed by atoms with Crippen LogP contribution in [0.15, 0.2) is 35.1 Å². The maximum Gasteiger partial charge on any atom is 0.267 e. The summed E-state index contributed by atoms with van der Waals surface area (Å²) in [5, 5.41) is 5.63. The molecule has 82 valence electrons. The summed E-state index contributed by atoms with van der Waals surface area (Å²) in [7, 11) is 0. The molecular weight excluding hydrogens is 200 g/mol. The van der Waals surface area contributed by atoms with Gasteiger partial charge in [-0.25, -0.2) is 0 Å². The van der Waals surface area contributed by atoms with Crippen LogP contribution in [0.2, 0.25) is 0 Å². The van der Waals surface area contributed by atoms with Gasteiger partial charge in [0, 0.05) is 11.3 Å². The zero-order valence-corrected chi connectivity index (χ0v) is 8.99. The topological polar surface area (TPSA) is 48.6 Å². The van der Waals surface area contributed by atoms with Gasteiger partial charge in [-0.1, -0.05) is 30.3 Å². The standard InChI is InChI=1S/C13H14N2O/c16-13-11-8-10(6-7-12(11)14-15-13)9-4-2-1-3-5-9/h1-5,10H,6-8H2,(H2,14,15,16). The SMILES string of the molecule is O=c1[nH][nH]c2c1CC(c1ccccc1)CC2. The van der Waals surface area contributed by atoms with Crippen LogP contribution in [0.4, 0.5) is 0 Å². The minimum Gasteiger partial charge on any atom is -0.302 e. The van der Waals surface area contributed by atoms with Gasteiger partial charge in [-0.2, -0.15) is 0 Å². The van der Waals surface area contributed by atoms with Crippen LogP contribution < -0.4 is 5.56 Å². The maximum atomic E-state index is 11.6. The van der Waals surface area contributed by atoms with Gasteiger partial charge in [0.05, 0.1) is 0 Å². The highest BCUT2D eigenvalue weighted by molar-refractivity contribution is 5.28. The molecule has 3 nitrogen and oxygen atoms in total. The first-order valence-corrected chi connectivity index (χ1v) is 5.68. The van der Waals surface area contributed by atoms with Crippen molar-refractivity contribution < 1.29 is 0 Å². The van der Waals surface area contributed by atoms with E-state index in [-0.39, 0.29) is 5.56 Å². The average molecular weight is 214 g/mol. The highest BCUT2D eigenvalue weighted by atomic mass is 16.1. The lowest BCUT2D eigenvalue weighted by Crippen LogP contribution is -2.17. The zero-order valence-electron chi connectivity index (χ0n) is 8.99. The van der Waals surface area contributed by atoms with Crippen molar-refractivity contribution in [2.45, 2.75) is 25.2 Å². The second-order valence-corrected chi connectivity index (χ2v) is 4.39. The van der Waals surface area contributed by atoms with E-state index in [1.54, 1.807) is 0 Å². The maximum absolute atomic E-state index is 11.6. The van der Waals surface area contributed by atoms with Gasteiger partial charge in [-0.05, 0) is 30.7 Å². The van der Waals surface area contributed by atoms with E-state index in [4.69, 9.17) is 0 Å². The van der Waals surface area contributed by atoms with Gasteiger partial charge in [-0.15, -0.1) is 0 Å². The van der Waals surface area contributed by atoms with E-state index in [1.165, 1.54) is 5.56 Å². The molecule has 0 bridgehead atoms. The quantitative estimate of drug-likeness (QED) is 0.749. The molecule has 2 N–H and O–H groups in total. The molecule has 1 heterocycles. The number of rotatable bonds is 1. The van der Waals surface area contributed by atoms with Crippen LogP contribution >= 0.6 is 0 Å². The highest BCUT2D eigenvalue weighted by Crippen LogP contribution is 2.29. The third-order valence-electron chi connectivity index (χ3n) is 3.43. The molecule has 1 aromatic carbocycles. The number of fused-ring (bicyclic) bond motifs is 1. The smallest absolute Gasteiger partial charge is 0.267 e. The summed E-state index contributed by atoms with van der Waals surface area (Å²) in [6.07, 6.45) is 2.94. The van der Waals surface area contributed by atoms with Crippen molar-refractivity contribution >= 4 is 0 Å². The lowest BCUT2D eigenvalue weighted by Gasteiger charge is -2.21. The second-order valence-electron chi connectivity index (χ2n) is 4.39. The van der Waals surface area contributed by atoms with Gasteiger partial charge in [0.15, 0.2) is 0 Å². The molecular formula is C13H14N2O. The minimum absolute atomic E-state index is 0.0515. The Kier molecular flexibility index (Phi) is 2.17. The molecule has 1 unspecified atom stereocenters. The van der Waals surface area contributed by atoms with E-state index in [0.717, 1.165) is 30.5 Å². The molecule has 0 saturated heterocycles. The van der Waals surface area contributed by atoms with E-state index in [1.807, 2.05) is 6.07 Å². The Balaban J connectivity index is 1.93. The number of hydrogen-bond acceptors (Lipinski definition) is 1. The van der Waals surface area contributed by atoms with Crippen LogP contribution in [0.3, 0.4) is 0 Å². The molecule has 2 aromatic rings. The Bertz CT molecular complexity index is 539. The fraction of sp³-hybridized carbons (Fsp3) is 0.308. The third-order valence-corrected chi connectivity index (χ3v) is 3.43. The Hall–Kier alpha value is -1.77. The average Bonchev–Trinajstić information content (AvgIpc) is 2.72. The molecule has 16 heavy (non-hydrogen) atoms. The molecule has 0 amide bonds. The molecule has 1 aliphatic rings. The number of H-pyrrole nitrogens is 2. The second kappa shape index (κ2) is 3.67. The van der Waals surface area contributed by atoms with Gasteiger partial charge in [0.1, 0.15) is 0 Å². The Labute approximate surface area is 93.5 Å². The Morgan fingerprint density at radius 3 is 2.75 bits per heavy atom. The van der Waals surface area contributed by atoms with Crippen LogP contribution in [0.25, 0.3) is 0 Å². The van der Waals surface area contributed by atoms with E-state index >= 15 is 0 Å². The number of nitrogens with one attached hydrogen (secondary N) is 2. The highest BCUT2D eigenvalue weighted by Gasteiger charge is 2.23. The third kappa shape index (κ3) is 1.48. The molecule has 1 atom stereocenters. The number of hydrogen-bond donors (Lipinski definition) is 2. The van der Waals surface area contributed by atoms with Crippen molar-refractivity contribution in [3.05, 3.63) is 57.5 Å². The summed E-state index contributed by atoms with van der Waals surface area (Å²) in [4.78, 5) is 11.6. The number of aromatic nitrogens is 2. The van der Waals surface area contributed by atoms with E-state index < -0.39 is 0 Å². The molecule has 3 rings (SSSR count). The molecule has 0 spiro atoms. The van der Waals surface area contributed by atoms with Gasteiger partial charge in [-0.3, -0.25) is 9.89 Å². The van der Waals surface area contributed by atoms with Crippen molar-refractivity contribution in [3.63, 3.8) is 0 Å². The number of benzene rings is 1. The minimum atomic E-state index is 0.0515. The van der Waals surface area contributed by atoms with Gasteiger partial charge >= 0.3 is 0 Å². The largest absolute Gasteiger partial charge is 0.302 e. The first kappa shape index (κ1) is 9.46. The van der Waals surface area contributed by atoms with Gasteiger partial charge in [0.25, 0.3) is 5.56 Å². The fourth-order valence-electron chi connectivity index (χ4n) is 2.53. The summed E-state index contributed by atoms with van der Waals surface area (Å²) in [6, 6.07) is 10.5. The van der Waals surface area contributed by atoms with Crippen LogP contribution in [-0.4, -0.2) is 10.2 Å². The first-order chi connectivity index (χ1) is 7.84. The van der Waals surface area contributed by atoms with Crippen molar-refractivity contribution in [3.8, 4) is 0 Å². The van der Waals surface area contributed by atoms with E-state index in [9.17, 15) is 4.79 Å². The van der Waals surface area contributed by atoms with Gasteiger partial charge in [0.2, 0.25) is 0 Å². The van der Waals surface area contributed by atoms with Crippen molar-refractivity contribution in [2.75, 3.05) is 0 Å². The lowest BCUT2D eigenvalue weighted by atomic mass is 9.83. The normalized spacial score (nSPS) is 19.4. The Morgan fingerprint density at radius 1 is 1.12 bits per heavy atom. The van der Waals surface area contributed by atoms with Crippen molar-refractivity contribution in [1.29, 1.82) is 0 Å². The zero-order chi connectivity index (χ0) is 11.0. The monoisotopic (exact) mass is 214 g/mol. The lowest BCUT2D eigenvalue weighted by molar-refractivity contribution is 0.578. The molecule has 1 aliphatic carbocycles. The Morgan fingerprint density at radius 2 is 1.94 bits per heavy atom. The van der Waals surface area contributed by atoms with Crippen LogP contribution in [0.1, 0.15) is 29.2 Å². The van der Waals surface area contributed by atoms with Gasteiger partial charge < -0.3 is 5.10 Å². The molecule has 0 saturated carbocycles. The van der Waals surface area contributed by atoms with Crippen LogP contribution in [-0.2, 0) is 12.8 Å². The fourth-order valence-corrected chi connectivity index (χ4v) is 2.53. The number of aryl methyl sites for hydroxylation is 1. The number of aromatic amines is 2. The van der Waals surface area contributed by atoms with Crippen molar-refractivity contribution in [2.24, 2.45) is 0 Å². The molecule has 0 radical (unpaired) electrons. The van der Waals surface area contributed by atoms with Crippen LogP contribution in [0.5, 0.6) is 0 Å². The summed E-state index contributed by atoms with van der Waals surface area (Å²) in [6.45, 7) is 0. The molecule has 0 fully saturated rings.